The molecule has 55 heteroatoms. The number of carbonyl (C=O) groups is 6. The molecule has 0 radical (unpaired) electrons. The van der Waals surface area contributed by atoms with Crippen LogP contribution >= 0.6 is 40.5 Å². The van der Waals surface area contributed by atoms with Gasteiger partial charge in [0.1, 0.15) is 66.6 Å². The van der Waals surface area contributed by atoms with Crippen molar-refractivity contribution in [3.63, 3.8) is 0 Å². The summed E-state index contributed by atoms with van der Waals surface area (Å²) in [5.74, 6) is -11.0. The number of rotatable bonds is 23. The van der Waals surface area contributed by atoms with Gasteiger partial charge in [-0.15, -0.1) is 3.63 Å². The summed E-state index contributed by atoms with van der Waals surface area (Å²) in [6.07, 6.45) is -9.37. The largest absolute Gasteiger partial charge is 1.00 e. The molecule has 0 aromatic carbocycles. The third kappa shape index (κ3) is 58.9. The Balaban J connectivity index is -0.000000169. The molecule has 0 rings (SSSR count). The van der Waals surface area contributed by atoms with Gasteiger partial charge in [-0.25, -0.2) is 55.1 Å². The fourth-order valence-electron chi connectivity index (χ4n) is 5.49. The smallest absolute Gasteiger partial charge is 0.444 e. The number of azide groups is 1. The van der Waals surface area contributed by atoms with E-state index in [2.05, 4.69) is 14.2 Å². The standard InChI is InChI=1S/C17H28F5NO8S.C16H28F2N4O5.C16H29F2NO6.C2F6O5S2.N3.Na.3H2S/c1-14(2,3)30-12(24)23(7)11(9-28-13(25)31-15(4,5)6)8-16(18,19)10-29-32(26,27)17(20,21)22;1-14(2,3)26-12(23)22(7)11(8-16(17,18)10-20-21-19)9-25-13(24)27-15(4,5)6;1-14(2,3)24-12(21)19(7)11(8-16(17,18)10-20)9-23-13(22)25-15(4,5)6;3-1(4,5)14(9,10)13-15(11,12)2(6,7)8;1-3-2;;;;/h11H,8-10H2,1-7H3;11H,8-10H2,1-7H3;11,20H,8-10H2,1-7H3;;;;3*1H2/q;;;;-1;+1;;;/t3*11-;;;;;;/m000....../s1. The number of likely N-dealkylation sites (N-methyl/N-ethyl adjacent to an activating group) is 3. The van der Waals surface area contributed by atoms with Gasteiger partial charge in [0, 0.05) is 45.3 Å². The monoisotopic (exact) mass is 1710 g/mol. The van der Waals surface area contributed by atoms with Gasteiger partial charge >= 0.3 is 113 Å². The molecule has 106 heavy (non-hydrogen) atoms. The summed E-state index contributed by atoms with van der Waals surface area (Å²) in [4.78, 5) is 77.8. The molecule has 0 saturated heterocycles. The Labute approximate surface area is 645 Å². The predicted molar refractivity (Wildman–Crippen MR) is 353 cm³/mol. The van der Waals surface area contributed by atoms with Gasteiger partial charge in [-0.1, -0.05) is 5.11 Å². The number of halogens is 15. The Kier molecular flexibility index (Phi) is 53.2. The maximum absolute atomic E-state index is 14.2. The molecule has 626 valence electrons. The quantitative estimate of drug-likeness (QED) is 0.0114. The predicted octanol–water partition coefficient (Wildman–Crippen LogP) is 10.7. The summed E-state index contributed by atoms with van der Waals surface area (Å²) < 4.78 is 300. The van der Waals surface area contributed by atoms with Gasteiger partial charge < -0.3 is 73.5 Å². The SMILES string of the molecule is CN(C(=O)OC(C)(C)C)[C@H](COC(=O)OC(C)(C)C)CC(F)(F)CN=[N+]=[N-].CN(C(=O)OC(C)(C)C)[C@H](COC(=O)OC(C)(C)C)CC(F)(F)CO.CN(C(=O)OC(C)(C)C)[C@H](COC(=O)OC(C)(C)C)CC(F)(F)COS(=O)(=O)C(F)(F)F.O=S(=O)(OS(=O)(=O)C(F)(F)F)C(F)(F)F.S.S.S.[N-]=[N+]=[N-].[Na+]. The Morgan fingerprint density at radius 3 is 0.821 bits per heavy atom. The van der Waals surface area contributed by atoms with Gasteiger partial charge in [0.05, 0.1) is 24.7 Å². The topological polar surface area (TPSA) is 444 Å². The normalized spacial score (nSPS) is 13.3. The molecule has 0 fully saturated rings. The van der Waals surface area contributed by atoms with Crippen molar-refractivity contribution < 1.29 is 205 Å². The van der Waals surface area contributed by atoms with Crippen LogP contribution in [0.4, 0.5) is 94.6 Å². The number of alkyl halides is 15. The second-order valence-electron chi connectivity index (χ2n) is 26.4. The van der Waals surface area contributed by atoms with Gasteiger partial charge in [0.25, 0.3) is 17.8 Å². The van der Waals surface area contributed by atoms with E-state index in [1.54, 1.807) is 83.1 Å². The first kappa shape index (κ1) is 119. The van der Waals surface area contributed by atoms with Crippen molar-refractivity contribution >= 4 is 108 Å². The average molecular weight is 1710 g/mol. The molecule has 0 saturated carbocycles. The van der Waals surface area contributed by atoms with Crippen LogP contribution in [0.1, 0.15) is 144 Å². The molecule has 0 aliphatic carbocycles. The molecule has 0 bridgehead atoms. The van der Waals surface area contributed by atoms with Crippen LogP contribution in [-0.2, 0) is 80.8 Å². The summed E-state index contributed by atoms with van der Waals surface area (Å²) in [6, 6.07) is -4.06. The van der Waals surface area contributed by atoms with Crippen molar-refractivity contribution in [1.29, 1.82) is 0 Å². The number of carbonyl (C=O) groups excluding carboxylic acids is 6. The van der Waals surface area contributed by atoms with Crippen molar-refractivity contribution in [2.45, 2.75) is 230 Å². The van der Waals surface area contributed by atoms with Gasteiger partial charge in [-0.3, -0.25) is 9.09 Å². The number of ether oxygens (including phenoxy) is 9. The molecule has 33 nitrogen and oxygen atoms in total. The maximum Gasteiger partial charge on any atom is 1.00 e. The summed E-state index contributed by atoms with van der Waals surface area (Å²) in [5, 5.41) is 11.6. The number of hydrogen-bond donors (Lipinski definition) is 1. The Morgan fingerprint density at radius 1 is 0.406 bits per heavy atom. The number of aliphatic hydroxyl groups excluding tert-OH is 1. The fraction of sp³-hybridized carbons (Fsp3) is 0.882. The third-order valence-electron chi connectivity index (χ3n) is 9.69. The number of hydrogen-bond acceptors (Lipinski definition) is 25. The first-order valence-corrected chi connectivity index (χ1v) is 32.4. The molecular weight excluding hydrogens is 1620 g/mol. The zero-order valence-electron chi connectivity index (χ0n) is 61.4. The van der Waals surface area contributed by atoms with Crippen molar-refractivity contribution in [1.82, 2.24) is 14.7 Å². The minimum Gasteiger partial charge on any atom is -0.444 e. The van der Waals surface area contributed by atoms with Crippen LogP contribution in [0, 0.1) is 0 Å². The Bertz CT molecular complexity index is 3100. The average Bonchev–Trinajstić information content (AvgIpc) is 0.786. The number of amides is 3. The van der Waals surface area contributed by atoms with Crippen LogP contribution in [0.15, 0.2) is 5.11 Å². The van der Waals surface area contributed by atoms with Crippen molar-refractivity contribution in [3.8, 4) is 0 Å². The molecule has 0 spiro atoms. The van der Waals surface area contributed by atoms with Gasteiger partial charge in [-0.05, 0) is 130 Å². The number of aliphatic hydroxyl groups is 1. The molecule has 0 heterocycles. The molecule has 3 atom stereocenters. The molecule has 0 aliphatic rings. The molecule has 0 unspecified atom stereocenters. The van der Waals surface area contributed by atoms with E-state index in [1.165, 1.54) is 60.5 Å². The van der Waals surface area contributed by atoms with E-state index in [9.17, 15) is 120 Å². The maximum atomic E-state index is 14.2. The Hall–Kier alpha value is -5.03. The van der Waals surface area contributed by atoms with Crippen molar-refractivity contribution in [2.75, 3.05) is 60.7 Å². The molecule has 0 aliphatic heterocycles. The summed E-state index contributed by atoms with van der Waals surface area (Å²) in [6.45, 7) is 21.9. The van der Waals surface area contributed by atoms with Crippen LogP contribution in [0.3, 0.4) is 0 Å². The van der Waals surface area contributed by atoms with Crippen LogP contribution in [0.2, 0.25) is 0 Å². The van der Waals surface area contributed by atoms with Crippen LogP contribution in [0.5, 0.6) is 0 Å². The second kappa shape index (κ2) is 47.2. The first-order chi connectivity index (χ1) is 44.7. The van der Waals surface area contributed by atoms with Gasteiger partial charge in [0.2, 0.25) is 0 Å². The van der Waals surface area contributed by atoms with Gasteiger partial charge in [0.15, 0.2) is 0 Å². The Morgan fingerprint density at radius 2 is 0.623 bits per heavy atom. The third-order valence-corrected chi connectivity index (χ3v) is 13.3. The van der Waals surface area contributed by atoms with Crippen molar-refractivity contribution in [3.05, 3.63) is 26.4 Å². The summed E-state index contributed by atoms with van der Waals surface area (Å²) in [7, 11) is -16.4. The van der Waals surface area contributed by atoms with E-state index >= 15 is 0 Å². The first-order valence-electron chi connectivity index (χ1n) is 28.2. The van der Waals surface area contributed by atoms with E-state index in [0.717, 1.165) is 16.8 Å². The van der Waals surface area contributed by atoms with E-state index in [0.29, 0.717) is 4.90 Å². The van der Waals surface area contributed by atoms with Crippen LogP contribution in [-0.4, -0.2) is 229 Å². The van der Waals surface area contributed by atoms with E-state index in [4.69, 9.17) is 64.3 Å². The van der Waals surface area contributed by atoms with Crippen molar-refractivity contribution in [2.24, 2.45) is 5.11 Å². The zero-order chi connectivity index (χ0) is 82.7. The molecule has 0 aromatic heterocycles. The summed E-state index contributed by atoms with van der Waals surface area (Å²) in [5.41, 5.74) is -1.97. The molecular formula is C51H91F15N9NaO24S6. The van der Waals surface area contributed by atoms with E-state index in [-0.39, 0.29) is 70.0 Å². The fourth-order valence-corrected chi connectivity index (χ4v) is 7.51. The van der Waals surface area contributed by atoms with E-state index < -0.39 is 212 Å². The second-order valence-corrected chi connectivity index (χ2v) is 31.3. The van der Waals surface area contributed by atoms with Gasteiger partial charge in [-0.2, -0.15) is 105 Å². The summed E-state index contributed by atoms with van der Waals surface area (Å²) >= 11 is 0. The van der Waals surface area contributed by atoms with E-state index in [1.807, 2.05) is 3.63 Å². The van der Waals surface area contributed by atoms with Crippen LogP contribution in [0.25, 0.3) is 26.4 Å². The molecule has 3 amide bonds. The molecule has 0 aromatic rings. The number of nitrogens with zero attached hydrogens (tertiary/aromatic N) is 9. The minimum absolute atomic E-state index is 0. The zero-order valence-corrected chi connectivity index (χ0v) is 68.8. The minimum atomic E-state index is -6.85. The van der Waals surface area contributed by atoms with Crippen LogP contribution < -0.4 is 29.6 Å². The molecule has 1 N–H and O–H groups in total.